The third kappa shape index (κ3) is 1.84. The molecular formula is C12H15N3O. The number of fused-ring (bicyclic) bond motifs is 1. The number of likely N-dealkylation sites (N-methyl/N-ethyl adjacent to an activating group) is 1. The highest BCUT2D eigenvalue weighted by Gasteiger charge is 2.07. The molecule has 1 aromatic carbocycles. The second kappa shape index (κ2) is 4.45. The van der Waals surface area contributed by atoms with Crippen LogP contribution in [0.25, 0.3) is 11.0 Å². The van der Waals surface area contributed by atoms with Gasteiger partial charge in [0.25, 0.3) is 0 Å². The number of nitrogens with one attached hydrogen (secondary N) is 1. The van der Waals surface area contributed by atoms with Crippen molar-refractivity contribution < 1.29 is 4.79 Å². The maximum Gasteiger partial charge on any atom is 0.176 e. The zero-order chi connectivity index (χ0) is 11.5. The van der Waals surface area contributed by atoms with Crippen molar-refractivity contribution in [3.8, 4) is 0 Å². The molecule has 0 radical (unpaired) electrons. The zero-order valence-electron chi connectivity index (χ0n) is 9.53. The number of carbonyl (C=O) groups excluding carboxylic acids is 1. The fraction of sp³-hybridized carbons (Fsp3) is 0.333. The number of aryl methyl sites for hydroxylation is 1. The predicted molar refractivity (Wildman–Crippen MR) is 63.7 cm³/mol. The van der Waals surface area contributed by atoms with Gasteiger partial charge in [-0.2, -0.15) is 0 Å². The van der Waals surface area contributed by atoms with Gasteiger partial charge in [-0.25, -0.2) is 4.98 Å². The van der Waals surface area contributed by atoms with E-state index in [0.717, 1.165) is 17.6 Å². The van der Waals surface area contributed by atoms with Gasteiger partial charge in [0.2, 0.25) is 0 Å². The van der Waals surface area contributed by atoms with Gasteiger partial charge in [-0.1, -0.05) is 0 Å². The zero-order valence-corrected chi connectivity index (χ0v) is 9.53. The molecule has 1 heterocycles. The SMILES string of the molecule is CCn1cnc2cc(C(=O)CNC)ccc21. The van der Waals surface area contributed by atoms with E-state index in [1.165, 1.54) is 0 Å². The highest BCUT2D eigenvalue weighted by molar-refractivity contribution is 6.00. The van der Waals surface area contributed by atoms with Gasteiger partial charge in [-0.05, 0) is 32.2 Å². The van der Waals surface area contributed by atoms with E-state index >= 15 is 0 Å². The maximum absolute atomic E-state index is 11.7. The summed E-state index contributed by atoms with van der Waals surface area (Å²) >= 11 is 0. The van der Waals surface area contributed by atoms with Gasteiger partial charge < -0.3 is 9.88 Å². The average molecular weight is 217 g/mol. The molecule has 0 saturated heterocycles. The van der Waals surface area contributed by atoms with Crippen LogP contribution in [-0.4, -0.2) is 28.9 Å². The quantitative estimate of drug-likeness (QED) is 0.789. The molecule has 1 N–H and O–H groups in total. The highest BCUT2D eigenvalue weighted by atomic mass is 16.1. The summed E-state index contributed by atoms with van der Waals surface area (Å²) in [6, 6.07) is 5.66. The van der Waals surface area contributed by atoms with Crippen molar-refractivity contribution in [1.82, 2.24) is 14.9 Å². The number of hydrogen-bond donors (Lipinski definition) is 1. The fourth-order valence-electron chi connectivity index (χ4n) is 1.75. The first-order chi connectivity index (χ1) is 7.76. The summed E-state index contributed by atoms with van der Waals surface area (Å²) in [6.45, 7) is 3.32. The van der Waals surface area contributed by atoms with Gasteiger partial charge in [-0.15, -0.1) is 0 Å². The third-order valence-corrected chi connectivity index (χ3v) is 2.62. The molecule has 0 bridgehead atoms. The van der Waals surface area contributed by atoms with Crippen LogP contribution in [0.3, 0.4) is 0 Å². The van der Waals surface area contributed by atoms with E-state index in [-0.39, 0.29) is 5.78 Å². The van der Waals surface area contributed by atoms with Crippen LogP contribution in [0, 0.1) is 0 Å². The summed E-state index contributed by atoms with van der Waals surface area (Å²) in [5, 5.41) is 2.86. The second-order valence-corrected chi connectivity index (χ2v) is 3.69. The first-order valence-corrected chi connectivity index (χ1v) is 5.39. The molecule has 0 aliphatic carbocycles. The van der Waals surface area contributed by atoms with Gasteiger partial charge in [-0.3, -0.25) is 4.79 Å². The van der Waals surface area contributed by atoms with Crippen molar-refractivity contribution in [3.05, 3.63) is 30.1 Å². The molecule has 0 aliphatic rings. The minimum absolute atomic E-state index is 0.0930. The smallest absolute Gasteiger partial charge is 0.176 e. The first-order valence-electron chi connectivity index (χ1n) is 5.39. The topological polar surface area (TPSA) is 46.9 Å². The maximum atomic E-state index is 11.7. The van der Waals surface area contributed by atoms with Gasteiger partial charge in [0.05, 0.1) is 23.9 Å². The van der Waals surface area contributed by atoms with E-state index in [1.54, 1.807) is 13.4 Å². The van der Waals surface area contributed by atoms with E-state index in [9.17, 15) is 4.79 Å². The molecule has 4 heteroatoms. The number of benzene rings is 1. The lowest BCUT2D eigenvalue weighted by atomic mass is 10.1. The van der Waals surface area contributed by atoms with E-state index in [0.29, 0.717) is 12.1 Å². The molecule has 0 saturated carbocycles. The summed E-state index contributed by atoms with van der Waals surface area (Å²) in [5.41, 5.74) is 2.66. The Morgan fingerprint density at radius 3 is 3.00 bits per heavy atom. The molecule has 16 heavy (non-hydrogen) atoms. The number of nitrogens with zero attached hydrogens (tertiary/aromatic N) is 2. The Labute approximate surface area is 94.3 Å². The van der Waals surface area contributed by atoms with Gasteiger partial charge >= 0.3 is 0 Å². The normalized spacial score (nSPS) is 10.9. The highest BCUT2D eigenvalue weighted by Crippen LogP contribution is 2.15. The van der Waals surface area contributed by atoms with Crippen molar-refractivity contribution in [2.45, 2.75) is 13.5 Å². The van der Waals surface area contributed by atoms with Crippen molar-refractivity contribution in [3.63, 3.8) is 0 Å². The molecule has 0 atom stereocenters. The fourth-order valence-corrected chi connectivity index (χ4v) is 1.75. The Kier molecular flexibility index (Phi) is 3.01. The van der Waals surface area contributed by atoms with Crippen LogP contribution in [0.2, 0.25) is 0 Å². The molecule has 0 amide bonds. The molecule has 0 aliphatic heterocycles. The Morgan fingerprint density at radius 2 is 2.31 bits per heavy atom. The summed E-state index contributed by atoms with van der Waals surface area (Å²) in [7, 11) is 1.77. The Balaban J connectivity index is 2.41. The summed E-state index contributed by atoms with van der Waals surface area (Å²) in [5.74, 6) is 0.0930. The van der Waals surface area contributed by atoms with E-state index in [4.69, 9.17) is 0 Å². The predicted octanol–water partition coefficient (Wildman–Crippen LogP) is 1.46. The summed E-state index contributed by atoms with van der Waals surface area (Å²) in [4.78, 5) is 16.0. The van der Waals surface area contributed by atoms with Crippen LogP contribution in [0.15, 0.2) is 24.5 Å². The number of aromatic nitrogens is 2. The molecule has 0 fully saturated rings. The van der Waals surface area contributed by atoms with Crippen molar-refractivity contribution in [2.24, 2.45) is 0 Å². The third-order valence-electron chi connectivity index (χ3n) is 2.62. The number of imidazole rings is 1. The number of rotatable bonds is 4. The van der Waals surface area contributed by atoms with Crippen LogP contribution in [0.1, 0.15) is 17.3 Å². The Hall–Kier alpha value is -1.68. The van der Waals surface area contributed by atoms with Gasteiger partial charge in [0.15, 0.2) is 5.78 Å². The molecule has 0 spiro atoms. The molecule has 2 rings (SSSR count). The van der Waals surface area contributed by atoms with Crippen LogP contribution in [0.5, 0.6) is 0 Å². The number of ketones is 1. The van der Waals surface area contributed by atoms with Crippen LogP contribution >= 0.6 is 0 Å². The van der Waals surface area contributed by atoms with Crippen molar-refractivity contribution in [1.29, 1.82) is 0 Å². The van der Waals surface area contributed by atoms with Crippen molar-refractivity contribution in [2.75, 3.05) is 13.6 Å². The first kappa shape index (κ1) is 10.8. The minimum atomic E-state index is 0.0930. The lowest BCUT2D eigenvalue weighted by Crippen LogP contribution is -2.18. The summed E-state index contributed by atoms with van der Waals surface area (Å²) < 4.78 is 2.06. The lowest BCUT2D eigenvalue weighted by molar-refractivity contribution is 0.0993. The molecular weight excluding hydrogens is 202 g/mol. The molecule has 2 aromatic rings. The standard InChI is InChI=1S/C12H15N3O/c1-3-15-8-14-10-6-9(4-5-11(10)15)12(16)7-13-2/h4-6,8,13H,3,7H2,1-2H3. The lowest BCUT2D eigenvalue weighted by Gasteiger charge is -2.01. The van der Waals surface area contributed by atoms with Gasteiger partial charge in [0, 0.05) is 12.1 Å². The van der Waals surface area contributed by atoms with E-state index < -0.39 is 0 Å². The largest absolute Gasteiger partial charge is 0.331 e. The minimum Gasteiger partial charge on any atom is -0.331 e. The average Bonchev–Trinajstić information content (AvgIpc) is 2.71. The molecule has 4 nitrogen and oxygen atoms in total. The second-order valence-electron chi connectivity index (χ2n) is 3.69. The van der Waals surface area contributed by atoms with E-state index in [1.807, 2.05) is 18.2 Å². The molecule has 0 unspecified atom stereocenters. The van der Waals surface area contributed by atoms with Gasteiger partial charge in [0.1, 0.15) is 0 Å². The molecule has 1 aromatic heterocycles. The number of carbonyl (C=O) groups is 1. The number of Topliss-reactive ketones (excluding diaryl/α,β-unsaturated/α-hetero) is 1. The van der Waals surface area contributed by atoms with Crippen LogP contribution in [-0.2, 0) is 6.54 Å². The van der Waals surface area contributed by atoms with E-state index in [2.05, 4.69) is 21.8 Å². The monoisotopic (exact) mass is 217 g/mol. The van der Waals surface area contributed by atoms with Crippen LogP contribution < -0.4 is 5.32 Å². The van der Waals surface area contributed by atoms with Crippen LogP contribution in [0.4, 0.5) is 0 Å². The molecule has 84 valence electrons. The number of hydrogen-bond acceptors (Lipinski definition) is 3. The Bertz CT molecular complexity index is 516. The summed E-state index contributed by atoms with van der Waals surface area (Å²) in [6.07, 6.45) is 1.80. The van der Waals surface area contributed by atoms with Crippen molar-refractivity contribution >= 4 is 16.8 Å². The Morgan fingerprint density at radius 1 is 1.50 bits per heavy atom.